The van der Waals surface area contributed by atoms with Gasteiger partial charge in [-0.25, -0.2) is 0 Å². The largest absolute Gasteiger partial charge is 0.385 e. The van der Waals surface area contributed by atoms with Crippen LogP contribution in [-0.4, -0.2) is 49.2 Å². The maximum Gasteiger partial charge on any atom is 0.269 e. The zero-order valence-electron chi connectivity index (χ0n) is 15.1. The number of hydrogen-bond donors (Lipinski definition) is 2. The summed E-state index contributed by atoms with van der Waals surface area (Å²) in [6, 6.07) is 5.33. The fraction of sp³-hybridized carbons (Fsp3) is 0.412. The number of nitrogens with one attached hydrogen (secondary N) is 2. The van der Waals surface area contributed by atoms with Crippen molar-refractivity contribution in [3.8, 4) is 11.4 Å². The van der Waals surface area contributed by atoms with E-state index in [9.17, 15) is 4.79 Å². The van der Waals surface area contributed by atoms with E-state index in [1.165, 1.54) is 0 Å². The molecule has 0 aliphatic heterocycles. The number of rotatable bonds is 8. The molecule has 9 heteroatoms. The lowest BCUT2D eigenvalue weighted by Crippen LogP contribution is -2.29. The lowest BCUT2D eigenvalue weighted by molar-refractivity contribution is 0.0932. The van der Waals surface area contributed by atoms with Crippen LogP contribution < -0.4 is 5.32 Å². The Kier molecular flexibility index (Phi) is 5.47. The van der Waals surface area contributed by atoms with Gasteiger partial charge in [0.1, 0.15) is 17.7 Å². The second kappa shape index (κ2) is 7.96. The number of aromatic amines is 1. The SMILES string of the molecule is COCCCn1cnnc1[C@H](C)NC(=O)c1cc(-c2cccn2C)n[nH]1. The first-order valence-corrected chi connectivity index (χ1v) is 8.44. The van der Waals surface area contributed by atoms with E-state index in [4.69, 9.17) is 4.74 Å². The maximum absolute atomic E-state index is 12.5. The van der Waals surface area contributed by atoms with Gasteiger partial charge in [-0.2, -0.15) is 5.10 Å². The number of ether oxygens (including phenoxy) is 1. The van der Waals surface area contributed by atoms with E-state index in [0.29, 0.717) is 18.1 Å². The molecule has 1 atom stereocenters. The first-order valence-electron chi connectivity index (χ1n) is 8.44. The summed E-state index contributed by atoms with van der Waals surface area (Å²) in [5, 5.41) is 18.0. The van der Waals surface area contributed by atoms with Crippen LogP contribution in [0.4, 0.5) is 0 Å². The van der Waals surface area contributed by atoms with Crippen LogP contribution in [0.25, 0.3) is 11.4 Å². The molecular formula is C17H23N7O2. The Labute approximate surface area is 151 Å². The second-order valence-electron chi connectivity index (χ2n) is 6.10. The lowest BCUT2D eigenvalue weighted by Gasteiger charge is -2.14. The highest BCUT2D eigenvalue weighted by Gasteiger charge is 2.18. The van der Waals surface area contributed by atoms with Crippen LogP contribution in [0.1, 0.15) is 35.7 Å². The first-order chi connectivity index (χ1) is 12.6. The topological polar surface area (TPSA) is 103 Å². The summed E-state index contributed by atoms with van der Waals surface area (Å²) < 4.78 is 8.94. The highest BCUT2D eigenvalue weighted by atomic mass is 16.5. The Morgan fingerprint density at radius 2 is 2.31 bits per heavy atom. The van der Waals surface area contributed by atoms with Crippen molar-refractivity contribution in [2.45, 2.75) is 25.9 Å². The molecule has 0 saturated carbocycles. The van der Waals surface area contributed by atoms with Gasteiger partial charge in [0.2, 0.25) is 0 Å². The molecule has 26 heavy (non-hydrogen) atoms. The first kappa shape index (κ1) is 17.9. The Hall–Kier alpha value is -2.94. The van der Waals surface area contributed by atoms with Gasteiger partial charge in [-0.15, -0.1) is 10.2 Å². The maximum atomic E-state index is 12.5. The van der Waals surface area contributed by atoms with Gasteiger partial charge in [0.15, 0.2) is 5.82 Å². The molecule has 0 radical (unpaired) electrons. The van der Waals surface area contributed by atoms with Gasteiger partial charge in [-0.1, -0.05) is 0 Å². The molecule has 0 aliphatic rings. The van der Waals surface area contributed by atoms with Crippen LogP contribution in [0.2, 0.25) is 0 Å². The molecule has 3 aromatic heterocycles. The van der Waals surface area contributed by atoms with Gasteiger partial charge in [0.05, 0.1) is 11.7 Å². The molecule has 138 valence electrons. The minimum Gasteiger partial charge on any atom is -0.385 e. The molecule has 0 aromatic carbocycles. The summed E-state index contributed by atoms with van der Waals surface area (Å²) in [4.78, 5) is 12.5. The van der Waals surface area contributed by atoms with Crippen LogP contribution in [0.15, 0.2) is 30.7 Å². The smallest absolute Gasteiger partial charge is 0.269 e. The minimum atomic E-state index is -0.283. The highest BCUT2D eigenvalue weighted by molar-refractivity contribution is 5.93. The lowest BCUT2D eigenvalue weighted by atomic mass is 10.2. The number of carbonyl (C=O) groups is 1. The number of nitrogens with zero attached hydrogens (tertiary/aromatic N) is 5. The van der Waals surface area contributed by atoms with Gasteiger partial charge in [0, 0.05) is 33.5 Å². The summed E-state index contributed by atoms with van der Waals surface area (Å²) in [5.74, 6) is 0.466. The van der Waals surface area contributed by atoms with Crippen molar-refractivity contribution in [3.63, 3.8) is 0 Å². The standard InChI is InChI=1S/C17H23N7O2/c1-12(16-22-18-11-24(16)8-5-9-26-3)19-17(25)14-10-13(20-21-14)15-6-4-7-23(15)2/h4,6-7,10-12H,5,8-9H2,1-3H3,(H,19,25)(H,20,21)/t12-/m0/s1. The zero-order valence-corrected chi connectivity index (χ0v) is 15.1. The van der Waals surface area contributed by atoms with Crippen LogP contribution in [-0.2, 0) is 18.3 Å². The third-order valence-electron chi connectivity index (χ3n) is 4.16. The summed E-state index contributed by atoms with van der Waals surface area (Å²) in [6.45, 7) is 3.27. The quantitative estimate of drug-likeness (QED) is 0.595. The molecule has 3 rings (SSSR count). The molecule has 0 unspecified atom stereocenters. The zero-order chi connectivity index (χ0) is 18.5. The molecule has 0 saturated heterocycles. The van der Waals surface area contributed by atoms with E-state index in [1.54, 1.807) is 19.5 Å². The number of hydrogen-bond acceptors (Lipinski definition) is 5. The van der Waals surface area contributed by atoms with E-state index >= 15 is 0 Å². The molecule has 0 aliphatic carbocycles. The van der Waals surface area contributed by atoms with E-state index in [0.717, 1.165) is 24.4 Å². The van der Waals surface area contributed by atoms with E-state index < -0.39 is 0 Å². The van der Waals surface area contributed by atoms with Crippen molar-refractivity contribution in [1.82, 2.24) is 34.8 Å². The number of carbonyl (C=O) groups excluding carboxylic acids is 1. The molecule has 1 amide bonds. The van der Waals surface area contributed by atoms with Crippen LogP contribution in [0, 0.1) is 0 Å². The predicted molar refractivity (Wildman–Crippen MR) is 95.4 cm³/mol. The van der Waals surface area contributed by atoms with E-state index in [-0.39, 0.29) is 11.9 Å². The number of amides is 1. The van der Waals surface area contributed by atoms with Crippen LogP contribution >= 0.6 is 0 Å². The third-order valence-corrected chi connectivity index (χ3v) is 4.16. The van der Waals surface area contributed by atoms with Gasteiger partial charge >= 0.3 is 0 Å². The van der Waals surface area contributed by atoms with Gasteiger partial charge in [0.25, 0.3) is 5.91 Å². The summed E-state index contributed by atoms with van der Waals surface area (Å²) in [6.07, 6.45) is 4.45. The fourth-order valence-electron chi connectivity index (χ4n) is 2.79. The highest BCUT2D eigenvalue weighted by Crippen LogP contribution is 2.18. The van der Waals surface area contributed by atoms with Gasteiger partial charge in [-0.05, 0) is 31.5 Å². The molecule has 0 fully saturated rings. The Morgan fingerprint density at radius 3 is 3.04 bits per heavy atom. The molecular weight excluding hydrogens is 334 g/mol. The monoisotopic (exact) mass is 357 g/mol. The van der Waals surface area contributed by atoms with Crippen molar-refractivity contribution < 1.29 is 9.53 Å². The number of H-pyrrole nitrogens is 1. The van der Waals surface area contributed by atoms with Crippen LogP contribution in [0.3, 0.4) is 0 Å². The number of methoxy groups -OCH3 is 1. The second-order valence-corrected chi connectivity index (χ2v) is 6.10. The minimum absolute atomic E-state index is 0.239. The summed E-state index contributed by atoms with van der Waals surface area (Å²) >= 11 is 0. The molecule has 9 nitrogen and oxygen atoms in total. The third kappa shape index (κ3) is 3.83. The van der Waals surface area contributed by atoms with E-state index in [2.05, 4.69) is 25.7 Å². The Bertz CT molecular complexity index is 864. The van der Waals surface area contributed by atoms with Crippen LogP contribution in [0.5, 0.6) is 0 Å². The summed E-state index contributed by atoms with van der Waals surface area (Å²) in [7, 11) is 3.60. The Balaban J connectivity index is 1.66. The van der Waals surface area contributed by atoms with E-state index in [1.807, 2.05) is 41.4 Å². The van der Waals surface area contributed by atoms with Crippen molar-refractivity contribution in [3.05, 3.63) is 42.2 Å². The average Bonchev–Trinajstić information content (AvgIpc) is 3.34. The molecule has 3 aromatic rings. The van der Waals surface area contributed by atoms with Crippen molar-refractivity contribution in [2.24, 2.45) is 7.05 Å². The van der Waals surface area contributed by atoms with Gasteiger partial charge in [-0.3, -0.25) is 9.89 Å². The predicted octanol–water partition coefficient (Wildman–Crippen LogP) is 1.53. The normalized spacial score (nSPS) is 12.3. The molecule has 2 N–H and O–H groups in total. The number of aromatic nitrogens is 6. The van der Waals surface area contributed by atoms with Crippen molar-refractivity contribution in [2.75, 3.05) is 13.7 Å². The summed E-state index contributed by atoms with van der Waals surface area (Å²) in [5.41, 5.74) is 2.06. The van der Waals surface area contributed by atoms with Crippen molar-refractivity contribution >= 4 is 5.91 Å². The Morgan fingerprint density at radius 1 is 1.46 bits per heavy atom. The average molecular weight is 357 g/mol. The number of aryl methyl sites for hydroxylation is 2. The van der Waals surface area contributed by atoms with Gasteiger partial charge < -0.3 is 19.2 Å². The fourth-order valence-corrected chi connectivity index (χ4v) is 2.79. The molecule has 0 spiro atoms. The molecule has 0 bridgehead atoms. The molecule has 3 heterocycles. The van der Waals surface area contributed by atoms with Crippen molar-refractivity contribution in [1.29, 1.82) is 0 Å².